The Morgan fingerprint density at radius 1 is 0.846 bits per heavy atom. The van der Waals surface area contributed by atoms with Crippen LogP contribution in [-0.2, 0) is 12.8 Å². The molecule has 0 saturated heterocycles. The maximum atomic E-state index is 10.1. The molecule has 10 heteroatoms. The number of nitrogens with two attached hydrogens (primary N) is 4. The van der Waals surface area contributed by atoms with Gasteiger partial charge in [-0.2, -0.15) is 0 Å². The zero-order chi connectivity index (χ0) is 28.7. The zero-order valence-corrected chi connectivity index (χ0v) is 23.2. The SMILES string of the molecule is CC(C)c1c(N)cc2c3c1CCCN3CCC2.COc1cc(N)c(OC)cc1N.Nc1ccc([N+](=O)[O-])cc1. The Bertz CT molecular complexity index is 1260. The lowest BCUT2D eigenvalue weighted by Gasteiger charge is -2.38. The number of hydrogen-bond acceptors (Lipinski definition) is 9. The molecule has 39 heavy (non-hydrogen) atoms. The van der Waals surface area contributed by atoms with E-state index < -0.39 is 4.92 Å². The summed E-state index contributed by atoms with van der Waals surface area (Å²) in [6, 6.07) is 11.2. The predicted octanol–water partition coefficient (Wildman–Crippen LogP) is 5.14. The number of methoxy groups -OCH3 is 2. The summed E-state index contributed by atoms with van der Waals surface area (Å²) in [7, 11) is 3.08. The van der Waals surface area contributed by atoms with E-state index in [9.17, 15) is 10.1 Å². The Kier molecular flexibility index (Phi) is 9.70. The molecule has 0 spiro atoms. The fourth-order valence-corrected chi connectivity index (χ4v) is 5.13. The number of nitrogen functional groups attached to an aromatic ring is 4. The van der Waals surface area contributed by atoms with Crippen LogP contribution in [-0.4, -0.2) is 32.2 Å². The third kappa shape index (κ3) is 6.95. The summed E-state index contributed by atoms with van der Waals surface area (Å²) >= 11 is 0. The van der Waals surface area contributed by atoms with Crippen molar-refractivity contribution in [3.8, 4) is 11.5 Å². The number of aryl methyl sites for hydroxylation is 1. The van der Waals surface area contributed by atoms with Crippen molar-refractivity contribution in [2.45, 2.75) is 45.4 Å². The lowest BCUT2D eigenvalue weighted by Crippen LogP contribution is -2.35. The summed E-state index contributed by atoms with van der Waals surface area (Å²) < 4.78 is 9.93. The zero-order valence-electron chi connectivity index (χ0n) is 23.2. The number of non-ortho nitro benzene ring substituents is 1. The summed E-state index contributed by atoms with van der Waals surface area (Å²) in [6.45, 7) is 7.00. The van der Waals surface area contributed by atoms with E-state index in [0.717, 1.165) is 5.69 Å². The van der Waals surface area contributed by atoms with Crippen molar-refractivity contribution >= 4 is 34.1 Å². The average Bonchev–Trinajstić information content (AvgIpc) is 2.90. The quantitative estimate of drug-likeness (QED) is 0.200. The van der Waals surface area contributed by atoms with Crippen LogP contribution in [0.3, 0.4) is 0 Å². The highest BCUT2D eigenvalue weighted by Gasteiger charge is 2.27. The maximum absolute atomic E-state index is 10.1. The highest BCUT2D eigenvalue weighted by molar-refractivity contribution is 5.72. The summed E-state index contributed by atoms with van der Waals surface area (Å²) in [5, 5.41) is 10.1. The van der Waals surface area contributed by atoms with Crippen LogP contribution >= 0.6 is 0 Å². The van der Waals surface area contributed by atoms with Gasteiger partial charge in [-0.1, -0.05) is 13.8 Å². The van der Waals surface area contributed by atoms with E-state index in [1.165, 1.54) is 88.4 Å². The first-order valence-corrected chi connectivity index (χ1v) is 13.0. The minimum absolute atomic E-state index is 0.0641. The van der Waals surface area contributed by atoms with Crippen molar-refractivity contribution in [3.05, 3.63) is 69.3 Å². The Hall–Kier alpha value is -4.34. The van der Waals surface area contributed by atoms with Gasteiger partial charge in [0.2, 0.25) is 0 Å². The van der Waals surface area contributed by atoms with Gasteiger partial charge in [0.25, 0.3) is 5.69 Å². The summed E-state index contributed by atoms with van der Waals surface area (Å²) in [5.41, 5.74) is 31.5. The first-order chi connectivity index (χ1) is 18.6. The third-order valence-electron chi connectivity index (χ3n) is 6.86. The van der Waals surface area contributed by atoms with Crippen LogP contribution in [0.15, 0.2) is 42.5 Å². The first-order valence-electron chi connectivity index (χ1n) is 13.0. The molecule has 210 valence electrons. The van der Waals surface area contributed by atoms with Gasteiger partial charge in [-0.05, 0) is 66.5 Å². The molecular formula is C29H40N6O4. The number of nitro groups is 1. The molecule has 0 bridgehead atoms. The van der Waals surface area contributed by atoms with Gasteiger partial charge >= 0.3 is 0 Å². The van der Waals surface area contributed by atoms with E-state index >= 15 is 0 Å². The van der Waals surface area contributed by atoms with Crippen LogP contribution in [0.2, 0.25) is 0 Å². The number of nitro benzene ring substituents is 1. The molecule has 0 aliphatic carbocycles. The molecule has 0 amide bonds. The molecule has 2 heterocycles. The molecule has 0 saturated carbocycles. The van der Waals surface area contributed by atoms with Crippen LogP contribution in [0.1, 0.15) is 49.3 Å². The van der Waals surface area contributed by atoms with Crippen LogP contribution in [0, 0.1) is 10.1 Å². The minimum atomic E-state index is -0.459. The van der Waals surface area contributed by atoms with E-state index in [4.69, 9.17) is 32.4 Å². The summed E-state index contributed by atoms with van der Waals surface area (Å²) in [6.07, 6.45) is 5.00. The van der Waals surface area contributed by atoms with Crippen LogP contribution in [0.5, 0.6) is 11.5 Å². The molecule has 3 aromatic carbocycles. The third-order valence-corrected chi connectivity index (χ3v) is 6.86. The lowest BCUT2D eigenvalue weighted by atomic mass is 9.84. The number of anilines is 5. The molecule has 0 atom stereocenters. The van der Waals surface area contributed by atoms with Gasteiger partial charge in [0.05, 0.1) is 30.5 Å². The molecule has 0 fully saturated rings. The number of hydrogen-bond donors (Lipinski definition) is 4. The average molecular weight is 537 g/mol. The van der Waals surface area contributed by atoms with Crippen molar-refractivity contribution in [2.75, 3.05) is 55.1 Å². The summed E-state index contributed by atoms with van der Waals surface area (Å²) in [4.78, 5) is 12.2. The monoisotopic (exact) mass is 536 g/mol. The van der Waals surface area contributed by atoms with Crippen molar-refractivity contribution in [2.24, 2.45) is 0 Å². The van der Waals surface area contributed by atoms with Crippen molar-refractivity contribution < 1.29 is 14.4 Å². The molecule has 8 N–H and O–H groups in total. The van der Waals surface area contributed by atoms with Crippen molar-refractivity contribution in [3.63, 3.8) is 0 Å². The van der Waals surface area contributed by atoms with Crippen molar-refractivity contribution in [1.29, 1.82) is 0 Å². The normalized spacial score (nSPS) is 13.3. The minimum Gasteiger partial charge on any atom is -0.495 e. The van der Waals surface area contributed by atoms with Gasteiger partial charge in [-0.25, -0.2) is 0 Å². The molecule has 0 aromatic heterocycles. The standard InChI is InChI=1S/C15H22N2.C8H12N2O2.C6H6N2O2/c1-10(2)14-12-6-4-8-17-7-3-5-11(15(12)17)9-13(14)16;1-11-7-3-6(10)8(12-2)4-5(7)9;7-5-1-3-6(4-2-5)8(9)10/h9-10H,3-8,16H2,1-2H3;3-4H,9-10H2,1-2H3;1-4H,7H2. The molecule has 2 aliphatic rings. The second-order valence-corrected chi connectivity index (χ2v) is 9.90. The predicted molar refractivity (Wildman–Crippen MR) is 160 cm³/mol. The molecule has 0 unspecified atom stereocenters. The lowest BCUT2D eigenvalue weighted by molar-refractivity contribution is -0.384. The second-order valence-electron chi connectivity index (χ2n) is 9.90. The number of nitrogens with zero attached hydrogens (tertiary/aromatic N) is 2. The van der Waals surface area contributed by atoms with Crippen LogP contribution < -0.4 is 37.3 Å². The topological polar surface area (TPSA) is 169 Å². The smallest absolute Gasteiger partial charge is 0.269 e. The van der Waals surface area contributed by atoms with E-state index in [-0.39, 0.29) is 5.69 Å². The maximum Gasteiger partial charge on any atom is 0.269 e. The summed E-state index contributed by atoms with van der Waals surface area (Å²) in [5.74, 6) is 1.67. The Balaban J connectivity index is 0.000000169. The van der Waals surface area contributed by atoms with E-state index in [1.807, 2.05) is 0 Å². The molecule has 0 radical (unpaired) electrons. The van der Waals surface area contributed by atoms with E-state index in [1.54, 1.807) is 23.4 Å². The van der Waals surface area contributed by atoms with Gasteiger partial charge < -0.3 is 37.3 Å². The molecule has 3 aromatic rings. The van der Waals surface area contributed by atoms with Gasteiger partial charge in [-0.3, -0.25) is 10.1 Å². The molecule has 5 rings (SSSR count). The fourth-order valence-electron chi connectivity index (χ4n) is 5.13. The highest BCUT2D eigenvalue weighted by Crippen LogP contribution is 2.42. The van der Waals surface area contributed by atoms with Gasteiger partial charge in [-0.15, -0.1) is 0 Å². The molecule has 10 nitrogen and oxygen atoms in total. The fraction of sp³-hybridized carbons (Fsp3) is 0.379. The van der Waals surface area contributed by atoms with Crippen molar-refractivity contribution in [1.82, 2.24) is 0 Å². The van der Waals surface area contributed by atoms with E-state index in [2.05, 4.69) is 24.8 Å². The Labute approximate surface area is 230 Å². The second kappa shape index (κ2) is 12.9. The molecular weight excluding hydrogens is 496 g/mol. The molecule has 2 aliphatic heterocycles. The van der Waals surface area contributed by atoms with Gasteiger partial charge in [0.15, 0.2) is 0 Å². The van der Waals surface area contributed by atoms with Gasteiger partial charge in [0, 0.05) is 54.4 Å². The Morgan fingerprint density at radius 2 is 1.38 bits per heavy atom. The largest absolute Gasteiger partial charge is 0.495 e. The van der Waals surface area contributed by atoms with Crippen LogP contribution in [0.4, 0.5) is 34.1 Å². The first kappa shape index (κ1) is 29.2. The van der Waals surface area contributed by atoms with E-state index in [0.29, 0.717) is 34.5 Å². The van der Waals surface area contributed by atoms with Crippen LogP contribution in [0.25, 0.3) is 0 Å². The highest BCUT2D eigenvalue weighted by atomic mass is 16.6. The number of ether oxygens (including phenoxy) is 2. The van der Waals surface area contributed by atoms with Gasteiger partial charge in [0.1, 0.15) is 11.5 Å². The number of rotatable bonds is 4. The number of benzene rings is 3. The Morgan fingerprint density at radius 3 is 1.87 bits per heavy atom.